The first-order chi connectivity index (χ1) is 19.9. The van der Waals surface area contributed by atoms with E-state index < -0.39 is 41.8 Å². The molecule has 5 aromatic rings. The van der Waals surface area contributed by atoms with Crippen LogP contribution in [0.2, 0.25) is 0 Å². The minimum atomic E-state index is -2.60. The van der Waals surface area contributed by atoms with Gasteiger partial charge in [-0.2, -0.15) is 4.98 Å². The first-order valence-corrected chi connectivity index (χ1v) is 11.7. The van der Waals surface area contributed by atoms with Crippen LogP contribution in [0, 0.1) is 17.5 Å². The van der Waals surface area contributed by atoms with Crippen molar-refractivity contribution in [2.75, 3.05) is 32.1 Å². The number of benzene rings is 1. The second-order valence-electron chi connectivity index (χ2n) is 8.90. The van der Waals surface area contributed by atoms with Crippen molar-refractivity contribution in [3.8, 4) is 17.4 Å². The van der Waals surface area contributed by atoms with Crippen LogP contribution in [-0.4, -0.2) is 56.8 Å². The molecule has 1 aromatic carbocycles. The van der Waals surface area contributed by atoms with Crippen molar-refractivity contribution in [2.45, 2.75) is 12.5 Å². The lowest BCUT2D eigenvalue weighted by molar-refractivity contribution is 0.121. The normalized spacial score (nSPS) is 17.0. The summed E-state index contributed by atoms with van der Waals surface area (Å²) in [5.41, 5.74) is -1.86. The number of imidazole rings is 1. The number of halogens is 3. The van der Waals surface area contributed by atoms with Crippen molar-refractivity contribution in [2.24, 2.45) is 0 Å². The van der Waals surface area contributed by atoms with Gasteiger partial charge in [-0.15, -0.1) is 0 Å². The number of pyridine rings is 2. The third-order valence-corrected chi connectivity index (χ3v) is 6.67. The smallest absolute Gasteiger partial charge is 0.342 e. The Morgan fingerprint density at radius 2 is 1.92 bits per heavy atom. The van der Waals surface area contributed by atoms with Crippen LogP contribution in [0.1, 0.15) is 10.5 Å². The zero-order valence-electron chi connectivity index (χ0n) is 23.3. The van der Waals surface area contributed by atoms with Gasteiger partial charge >= 0.3 is 5.69 Å². The predicted octanol–water partition coefficient (Wildman–Crippen LogP) is 2.84. The molecule has 1 saturated heterocycles. The first kappa shape index (κ1) is 21.3. The first-order valence-electron chi connectivity index (χ1n) is 13.2. The molecule has 0 spiro atoms. The second kappa shape index (κ2) is 9.27. The molecule has 5 heterocycles. The van der Waals surface area contributed by atoms with E-state index >= 15 is 0 Å². The highest BCUT2D eigenvalue weighted by Gasteiger charge is 2.27. The molecule has 4 aromatic heterocycles. The number of nitrogens with zero attached hydrogens (tertiary/aromatic N) is 6. The van der Waals surface area contributed by atoms with Gasteiger partial charge < -0.3 is 14.4 Å². The monoisotopic (exact) mass is 541 g/mol. The fourth-order valence-electron chi connectivity index (χ4n) is 4.80. The summed E-state index contributed by atoms with van der Waals surface area (Å²) in [4.78, 5) is 38.3. The summed E-state index contributed by atoms with van der Waals surface area (Å²) in [6.45, 7) is 0.484. The summed E-state index contributed by atoms with van der Waals surface area (Å²) in [7, 11) is -1.33. The Balaban J connectivity index is 1.64. The number of hydrogen-bond donors (Lipinski definition) is 0. The highest BCUT2D eigenvalue weighted by atomic mass is 19.2. The van der Waals surface area contributed by atoms with Crippen molar-refractivity contribution in [1.82, 2.24) is 23.5 Å². The molecule has 1 atom stereocenters. The lowest BCUT2D eigenvalue weighted by Crippen LogP contribution is -2.39. The number of fused-ring (bicyclic) bond motifs is 2. The Labute approximate surface area is 222 Å². The number of hydrogen-bond acceptors (Lipinski definition) is 7. The predicted molar refractivity (Wildman–Crippen MR) is 136 cm³/mol. The molecule has 6 rings (SSSR count). The van der Waals surface area contributed by atoms with E-state index in [9.17, 15) is 22.8 Å². The molecule has 0 unspecified atom stereocenters. The molecule has 1 fully saturated rings. The molecular weight excluding hydrogens is 517 g/mol. The zero-order chi connectivity index (χ0) is 29.9. The van der Waals surface area contributed by atoms with Gasteiger partial charge in [-0.05, 0) is 24.6 Å². The minimum Gasteiger partial charge on any atom is -0.480 e. The third-order valence-electron chi connectivity index (χ3n) is 6.67. The van der Waals surface area contributed by atoms with Gasteiger partial charge in [0.25, 0.3) is 5.56 Å². The van der Waals surface area contributed by atoms with Gasteiger partial charge in [0.2, 0.25) is 5.88 Å². The fraction of sp³-hybridized carbons (Fsp3) is 0.231. The van der Waals surface area contributed by atoms with Crippen LogP contribution in [0.3, 0.4) is 0 Å². The molecule has 10 nitrogen and oxygen atoms in total. The number of anilines is 1. The maximum absolute atomic E-state index is 14.4. The Morgan fingerprint density at radius 1 is 1.08 bits per heavy atom. The van der Waals surface area contributed by atoms with Gasteiger partial charge in [-0.1, -0.05) is 0 Å². The average Bonchev–Trinajstić information content (AvgIpc) is 3.56. The number of ether oxygens (including phenoxy) is 2. The highest BCUT2D eigenvalue weighted by Crippen LogP contribution is 2.29. The molecule has 0 radical (unpaired) electrons. The molecule has 0 N–H and O–H groups in total. The zero-order valence-corrected chi connectivity index (χ0v) is 20.3. The minimum absolute atomic E-state index is 0.0332. The van der Waals surface area contributed by atoms with Gasteiger partial charge in [0.1, 0.15) is 28.5 Å². The molecule has 0 bridgehead atoms. The van der Waals surface area contributed by atoms with Crippen LogP contribution in [0.5, 0.6) is 5.88 Å². The van der Waals surface area contributed by atoms with E-state index in [4.69, 9.17) is 13.6 Å². The lowest BCUT2D eigenvalue weighted by Gasteiger charge is -2.21. The summed E-state index contributed by atoms with van der Waals surface area (Å²) in [5, 5.41) is -0.169. The Bertz CT molecular complexity index is 1990. The van der Waals surface area contributed by atoms with E-state index in [-0.39, 0.29) is 46.3 Å². The Hall–Kier alpha value is -4.65. The van der Waals surface area contributed by atoms with Crippen LogP contribution in [0.4, 0.5) is 19.0 Å². The topological polar surface area (TPSA) is 95.9 Å². The average molecular weight is 542 g/mol. The van der Waals surface area contributed by atoms with E-state index in [2.05, 4.69) is 9.97 Å². The molecule has 39 heavy (non-hydrogen) atoms. The van der Waals surface area contributed by atoms with Crippen LogP contribution in [0.15, 0.2) is 58.4 Å². The molecule has 0 aliphatic carbocycles. The number of rotatable bonds is 5. The summed E-state index contributed by atoms with van der Waals surface area (Å²) in [5.74, 6) is -2.97. The molecule has 0 saturated carbocycles. The second-order valence-corrected chi connectivity index (χ2v) is 8.90. The highest BCUT2D eigenvalue weighted by molar-refractivity contribution is 5.87. The molecule has 200 valence electrons. The summed E-state index contributed by atoms with van der Waals surface area (Å²) >= 11 is 0. The van der Waals surface area contributed by atoms with Crippen LogP contribution in [0.25, 0.3) is 28.1 Å². The van der Waals surface area contributed by atoms with Crippen molar-refractivity contribution in [3.05, 3.63) is 87.1 Å². The lowest BCUT2D eigenvalue weighted by atomic mass is 10.2. The van der Waals surface area contributed by atoms with Gasteiger partial charge in [0.15, 0.2) is 11.6 Å². The SMILES string of the molecule is [2H]C([2H])([2H])O[C@@H]1CCN(c2cc3c(c(OC)n2)c(=O)n(-c2cnc4cc(F)ccn24)c(=O)n3-c2ccc(F)c(F)c2)C1. The molecule has 0 amide bonds. The maximum Gasteiger partial charge on any atom is 0.342 e. The Morgan fingerprint density at radius 3 is 2.69 bits per heavy atom. The molecule has 1 aliphatic rings. The molecule has 13 heteroatoms. The van der Waals surface area contributed by atoms with Crippen molar-refractivity contribution < 1.29 is 26.8 Å². The Kier molecular flexibility index (Phi) is 5.06. The maximum atomic E-state index is 14.4. The van der Waals surface area contributed by atoms with Crippen LogP contribution in [-0.2, 0) is 4.74 Å². The van der Waals surface area contributed by atoms with Gasteiger partial charge in [0.05, 0.1) is 34.7 Å². The van der Waals surface area contributed by atoms with Crippen LogP contribution >= 0.6 is 0 Å². The summed E-state index contributed by atoms with van der Waals surface area (Å²) in [6.07, 6.45) is 2.21. The molecular formula is C26H21F3N6O4. The van der Waals surface area contributed by atoms with E-state index in [1.807, 2.05) is 0 Å². The van der Waals surface area contributed by atoms with Crippen molar-refractivity contribution in [1.29, 1.82) is 0 Å². The van der Waals surface area contributed by atoms with Crippen molar-refractivity contribution >= 4 is 22.4 Å². The largest absolute Gasteiger partial charge is 0.480 e. The van der Waals surface area contributed by atoms with E-state index in [0.29, 0.717) is 13.0 Å². The van der Waals surface area contributed by atoms with E-state index in [0.717, 1.165) is 33.4 Å². The van der Waals surface area contributed by atoms with E-state index in [1.165, 1.54) is 36.0 Å². The number of methoxy groups -OCH3 is 2. The summed E-state index contributed by atoms with van der Waals surface area (Å²) in [6, 6.07) is 6.45. The molecule has 1 aliphatic heterocycles. The van der Waals surface area contributed by atoms with Gasteiger partial charge in [-0.3, -0.25) is 13.8 Å². The van der Waals surface area contributed by atoms with E-state index in [1.54, 1.807) is 4.90 Å². The standard InChI is InChI=1S/C26H21F3N6O4/c1-38-16-6-7-32(13-16)21-11-19-23(24(31-21)39-2)25(36)35(22-12-30-20-9-14(27)5-8-33(20)22)26(37)34(19)15-3-4-17(28)18(29)10-15/h3-5,8-12,16H,6-7,13H2,1-2H3/t16-/m1/s1/i1D3. The van der Waals surface area contributed by atoms with Crippen LogP contribution < -0.4 is 20.9 Å². The summed E-state index contributed by atoms with van der Waals surface area (Å²) < 4.78 is 78.0. The number of aromatic nitrogens is 5. The third kappa shape index (κ3) is 3.93. The van der Waals surface area contributed by atoms with Crippen molar-refractivity contribution in [3.63, 3.8) is 0 Å². The van der Waals surface area contributed by atoms with Gasteiger partial charge in [-0.25, -0.2) is 27.5 Å². The van der Waals surface area contributed by atoms with Gasteiger partial charge in [0, 0.05) is 44.5 Å². The fourth-order valence-corrected chi connectivity index (χ4v) is 4.80. The quantitative estimate of drug-likeness (QED) is 0.338.